The fraction of sp³-hybridized carbons (Fsp3) is 0.800. The molecule has 1 aliphatic heterocycles. The van der Waals surface area contributed by atoms with E-state index in [1.54, 1.807) is 4.90 Å². The summed E-state index contributed by atoms with van der Waals surface area (Å²) < 4.78 is 0. The second kappa shape index (κ2) is 4.79. The lowest BCUT2D eigenvalue weighted by molar-refractivity contribution is -0.131. The van der Waals surface area contributed by atoms with Gasteiger partial charge in [0.25, 0.3) is 0 Å². The zero-order valence-corrected chi connectivity index (χ0v) is 10.2. The molecule has 7 heteroatoms. The molecule has 1 saturated heterocycles. The molecule has 2 N–H and O–H groups in total. The molecular formula is C10H18N6O. The number of aromatic nitrogens is 4. The van der Waals surface area contributed by atoms with Gasteiger partial charge in [-0.2, -0.15) is 4.80 Å². The van der Waals surface area contributed by atoms with Crippen LogP contribution in [-0.4, -0.2) is 50.1 Å². The van der Waals surface area contributed by atoms with E-state index in [4.69, 9.17) is 5.73 Å². The van der Waals surface area contributed by atoms with E-state index < -0.39 is 0 Å². The van der Waals surface area contributed by atoms with Crippen molar-refractivity contribution in [3.05, 3.63) is 6.33 Å². The quantitative estimate of drug-likeness (QED) is 0.738. The van der Waals surface area contributed by atoms with Crippen LogP contribution >= 0.6 is 0 Å². The molecule has 1 amide bonds. The van der Waals surface area contributed by atoms with E-state index in [1.807, 2.05) is 0 Å². The second-order valence-corrected chi connectivity index (χ2v) is 4.84. The summed E-state index contributed by atoms with van der Waals surface area (Å²) in [5.74, 6) is 0.872. The highest BCUT2D eigenvalue weighted by Crippen LogP contribution is 2.22. The van der Waals surface area contributed by atoms with E-state index in [0.29, 0.717) is 18.4 Å². The second-order valence-electron chi connectivity index (χ2n) is 4.84. The molecule has 7 nitrogen and oxygen atoms in total. The molecule has 0 spiro atoms. The minimum atomic E-state index is 0.00148. The van der Waals surface area contributed by atoms with E-state index in [-0.39, 0.29) is 18.5 Å². The number of nitrogens with zero attached hydrogens (tertiary/aromatic N) is 5. The van der Waals surface area contributed by atoms with Crippen LogP contribution in [0.1, 0.15) is 13.8 Å². The first-order chi connectivity index (χ1) is 8.08. The van der Waals surface area contributed by atoms with Gasteiger partial charge in [0, 0.05) is 19.1 Å². The Morgan fingerprint density at radius 1 is 1.53 bits per heavy atom. The summed E-state index contributed by atoms with van der Waals surface area (Å²) in [6.07, 6.45) is 1.32. The van der Waals surface area contributed by atoms with Crippen LogP contribution in [0.3, 0.4) is 0 Å². The van der Waals surface area contributed by atoms with Gasteiger partial charge in [0.1, 0.15) is 6.54 Å². The summed E-state index contributed by atoms with van der Waals surface area (Å²) in [6.45, 7) is 5.76. The number of tetrazole rings is 1. The monoisotopic (exact) mass is 238 g/mol. The van der Waals surface area contributed by atoms with Gasteiger partial charge in [0.15, 0.2) is 6.33 Å². The first-order valence-corrected chi connectivity index (χ1v) is 5.82. The summed E-state index contributed by atoms with van der Waals surface area (Å²) in [7, 11) is 0. The van der Waals surface area contributed by atoms with E-state index >= 15 is 0 Å². The zero-order valence-electron chi connectivity index (χ0n) is 10.2. The molecule has 2 heterocycles. The number of carbonyl (C=O) groups is 1. The maximum Gasteiger partial charge on any atom is 0.246 e. The van der Waals surface area contributed by atoms with E-state index in [2.05, 4.69) is 29.3 Å². The summed E-state index contributed by atoms with van der Waals surface area (Å²) >= 11 is 0. The normalized spacial score (nSPS) is 24.6. The Kier molecular flexibility index (Phi) is 3.37. The van der Waals surface area contributed by atoms with E-state index in [9.17, 15) is 4.79 Å². The summed E-state index contributed by atoms with van der Waals surface area (Å²) in [4.78, 5) is 15.0. The Balaban J connectivity index is 1.93. The van der Waals surface area contributed by atoms with Crippen molar-refractivity contribution in [2.75, 3.05) is 13.1 Å². The van der Waals surface area contributed by atoms with Crippen molar-refractivity contribution in [2.45, 2.75) is 26.4 Å². The van der Waals surface area contributed by atoms with Crippen LogP contribution in [0.4, 0.5) is 0 Å². The summed E-state index contributed by atoms with van der Waals surface area (Å²) in [5.41, 5.74) is 6.04. The molecule has 2 atom stereocenters. The lowest BCUT2D eigenvalue weighted by atomic mass is 9.92. The number of rotatable bonds is 3. The van der Waals surface area contributed by atoms with Crippen molar-refractivity contribution < 1.29 is 4.79 Å². The largest absolute Gasteiger partial charge is 0.339 e. The molecule has 1 aliphatic rings. The maximum atomic E-state index is 12.0. The third-order valence-electron chi connectivity index (χ3n) is 3.29. The Hall–Kier alpha value is -1.50. The average molecular weight is 238 g/mol. The van der Waals surface area contributed by atoms with Crippen LogP contribution in [0.2, 0.25) is 0 Å². The minimum Gasteiger partial charge on any atom is -0.339 e. The van der Waals surface area contributed by atoms with Gasteiger partial charge in [-0.1, -0.05) is 13.8 Å². The molecule has 1 aromatic rings. The van der Waals surface area contributed by atoms with Crippen LogP contribution in [0.25, 0.3) is 0 Å². The molecule has 0 saturated carbocycles. The van der Waals surface area contributed by atoms with Gasteiger partial charge in [-0.25, -0.2) is 0 Å². The van der Waals surface area contributed by atoms with Crippen molar-refractivity contribution in [3.63, 3.8) is 0 Å². The summed E-state index contributed by atoms with van der Waals surface area (Å²) in [5, 5.41) is 11.1. The third kappa shape index (κ3) is 2.60. The molecular weight excluding hydrogens is 220 g/mol. The van der Waals surface area contributed by atoms with Crippen molar-refractivity contribution in [1.29, 1.82) is 0 Å². The Labute approximate surface area is 100.0 Å². The molecule has 0 aromatic carbocycles. The first kappa shape index (κ1) is 12.0. The van der Waals surface area contributed by atoms with E-state index in [1.165, 1.54) is 11.1 Å². The molecule has 0 aliphatic carbocycles. The number of carbonyl (C=O) groups excluding carboxylic acids is 1. The van der Waals surface area contributed by atoms with Crippen molar-refractivity contribution in [2.24, 2.45) is 17.6 Å². The van der Waals surface area contributed by atoms with Gasteiger partial charge < -0.3 is 10.6 Å². The minimum absolute atomic E-state index is 0.00148. The average Bonchev–Trinajstić information content (AvgIpc) is 2.86. The smallest absolute Gasteiger partial charge is 0.246 e. The lowest BCUT2D eigenvalue weighted by Crippen LogP contribution is -2.35. The van der Waals surface area contributed by atoms with Crippen LogP contribution in [0, 0.1) is 11.8 Å². The standard InChI is InChI=1S/C10H18N6O/c1-7(2)8-3-15(4-9(8)11)10(17)5-16-13-6-12-14-16/h6-9H,3-5,11H2,1-2H3/t8-,9+/m0/s1. The van der Waals surface area contributed by atoms with Gasteiger partial charge >= 0.3 is 0 Å². The molecule has 1 fully saturated rings. The van der Waals surface area contributed by atoms with Crippen molar-refractivity contribution in [3.8, 4) is 0 Å². The van der Waals surface area contributed by atoms with Gasteiger partial charge in [0.2, 0.25) is 5.91 Å². The topological polar surface area (TPSA) is 89.9 Å². The van der Waals surface area contributed by atoms with Crippen molar-refractivity contribution in [1.82, 2.24) is 25.1 Å². The fourth-order valence-corrected chi connectivity index (χ4v) is 2.25. The molecule has 1 aromatic heterocycles. The third-order valence-corrected chi connectivity index (χ3v) is 3.29. The molecule has 0 radical (unpaired) electrons. The number of hydrogen-bond donors (Lipinski definition) is 1. The highest BCUT2D eigenvalue weighted by molar-refractivity contribution is 5.76. The Morgan fingerprint density at radius 2 is 2.29 bits per heavy atom. The van der Waals surface area contributed by atoms with Gasteiger partial charge in [0.05, 0.1) is 0 Å². The number of hydrogen-bond acceptors (Lipinski definition) is 5. The predicted octanol–water partition coefficient (Wildman–Crippen LogP) is -0.885. The number of likely N-dealkylation sites (tertiary alicyclic amines) is 1. The van der Waals surface area contributed by atoms with Gasteiger partial charge in [-0.3, -0.25) is 4.79 Å². The lowest BCUT2D eigenvalue weighted by Gasteiger charge is -2.18. The van der Waals surface area contributed by atoms with Crippen LogP contribution < -0.4 is 5.73 Å². The number of nitrogens with two attached hydrogens (primary N) is 1. The molecule has 0 bridgehead atoms. The van der Waals surface area contributed by atoms with Gasteiger partial charge in [-0.15, -0.1) is 10.2 Å². The highest BCUT2D eigenvalue weighted by atomic mass is 16.2. The fourth-order valence-electron chi connectivity index (χ4n) is 2.25. The molecule has 94 valence electrons. The molecule has 0 unspecified atom stereocenters. The first-order valence-electron chi connectivity index (χ1n) is 5.82. The van der Waals surface area contributed by atoms with Crippen molar-refractivity contribution >= 4 is 5.91 Å². The SMILES string of the molecule is CC(C)[C@@H]1CN(C(=O)Cn2ncnn2)C[C@H]1N. The van der Waals surface area contributed by atoms with Crippen LogP contribution in [0.5, 0.6) is 0 Å². The summed E-state index contributed by atoms with van der Waals surface area (Å²) in [6, 6.07) is 0.0719. The molecule has 17 heavy (non-hydrogen) atoms. The Morgan fingerprint density at radius 3 is 2.82 bits per heavy atom. The van der Waals surface area contributed by atoms with Gasteiger partial charge in [-0.05, 0) is 17.0 Å². The predicted molar refractivity (Wildman–Crippen MR) is 60.7 cm³/mol. The molecule has 2 rings (SSSR count). The highest BCUT2D eigenvalue weighted by Gasteiger charge is 2.34. The Bertz CT molecular complexity index is 376. The van der Waals surface area contributed by atoms with E-state index in [0.717, 1.165) is 6.54 Å². The van der Waals surface area contributed by atoms with Crippen LogP contribution in [-0.2, 0) is 11.3 Å². The van der Waals surface area contributed by atoms with Crippen LogP contribution in [0.15, 0.2) is 6.33 Å². The zero-order chi connectivity index (χ0) is 12.4. The maximum absolute atomic E-state index is 12.0. The number of amides is 1.